The Bertz CT molecular complexity index is 842. The lowest BCUT2D eigenvalue weighted by Gasteiger charge is -2.27. The number of aromatic nitrogens is 3. The Balaban J connectivity index is 1.69. The first-order chi connectivity index (χ1) is 12.3. The lowest BCUT2D eigenvalue weighted by atomic mass is 10.1. The molecule has 6 nitrogen and oxygen atoms in total. The van der Waals surface area contributed by atoms with Gasteiger partial charge in [-0.25, -0.2) is 9.97 Å². The lowest BCUT2D eigenvalue weighted by Crippen LogP contribution is -2.32. The number of rotatable bonds is 6. The van der Waals surface area contributed by atoms with Crippen molar-refractivity contribution in [2.45, 2.75) is 25.5 Å². The summed E-state index contributed by atoms with van der Waals surface area (Å²) in [6.07, 6.45) is 5.95. The van der Waals surface area contributed by atoms with Gasteiger partial charge in [-0.05, 0) is 25.0 Å². The number of nitrogens with zero attached hydrogens (tertiary/aromatic N) is 3. The number of H-pyrrole nitrogens is 1. The van der Waals surface area contributed by atoms with Gasteiger partial charge >= 0.3 is 0 Å². The van der Waals surface area contributed by atoms with Gasteiger partial charge in [0.15, 0.2) is 0 Å². The molecule has 1 aliphatic heterocycles. The largest absolute Gasteiger partial charge is 0.496 e. The van der Waals surface area contributed by atoms with E-state index >= 15 is 0 Å². The minimum Gasteiger partial charge on any atom is -0.496 e. The zero-order valence-corrected chi connectivity index (χ0v) is 14.3. The molecule has 3 aromatic rings. The first kappa shape index (κ1) is 15.9. The molecule has 130 valence electrons. The number of benzene rings is 1. The zero-order chi connectivity index (χ0) is 17.1. The molecule has 0 radical (unpaired) electrons. The Morgan fingerprint density at radius 2 is 2.20 bits per heavy atom. The smallest absolute Gasteiger partial charge is 0.142 e. The second-order valence-electron chi connectivity index (χ2n) is 6.26. The van der Waals surface area contributed by atoms with Crippen LogP contribution in [-0.4, -0.2) is 41.3 Å². The van der Waals surface area contributed by atoms with Crippen molar-refractivity contribution in [3.05, 3.63) is 48.4 Å². The summed E-state index contributed by atoms with van der Waals surface area (Å²) < 4.78 is 11.4. The van der Waals surface area contributed by atoms with Gasteiger partial charge in [0.05, 0.1) is 18.6 Å². The van der Waals surface area contributed by atoms with Crippen molar-refractivity contribution in [2.24, 2.45) is 0 Å². The number of hydrogen-bond donors (Lipinski definition) is 1. The molecular formula is C19H22N4O2. The highest BCUT2D eigenvalue weighted by atomic mass is 16.5. The Kier molecular flexibility index (Phi) is 4.52. The number of aromatic amines is 1. The van der Waals surface area contributed by atoms with Crippen molar-refractivity contribution in [1.82, 2.24) is 15.0 Å². The fraction of sp³-hybridized carbons (Fsp3) is 0.368. The average molecular weight is 338 g/mol. The molecule has 1 fully saturated rings. The van der Waals surface area contributed by atoms with E-state index in [1.807, 2.05) is 30.5 Å². The van der Waals surface area contributed by atoms with Gasteiger partial charge in [-0.1, -0.05) is 18.2 Å². The molecule has 3 heterocycles. The monoisotopic (exact) mass is 338 g/mol. The van der Waals surface area contributed by atoms with Crippen molar-refractivity contribution in [1.29, 1.82) is 0 Å². The van der Waals surface area contributed by atoms with Gasteiger partial charge < -0.3 is 19.4 Å². The lowest BCUT2D eigenvalue weighted by molar-refractivity contribution is 0.115. The maximum absolute atomic E-state index is 5.87. The molecule has 1 aromatic carbocycles. The van der Waals surface area contributed by atoms with Crippen molar-refractivity contribution in [3.8, 4) is 5.75 Å². The van der Waals surface area contributed by atoms with E-state index in [1.54, 1.807) is 13.4 Å². The molecule has 1 aliphatic rings. The molecule has 1 saturated heterocycles. The van der Waals surface area contributed by atoms with Gasteiger partial charge in [0, 0.05) is 31.5 Å². The van der Waals surface area contributed by atoms with Gasteiger partial charge in [0.2, 0.25) is 0 Å². The van der Waals surface area contributed by atoms with E-state index in [4.69, 9.17) is 9.47 Å². The summed E-state index contributed by atoms with van der Waals surface area (Å²) in [5.74, 6) is 1.81. The molecule has 0 saturated carbocycles. The number of hydrogen-bond acceptors (Lipinski definition) is 5. The number of methoxy groups -OCH3 is 1. The minimum atomic E-state index is 0.235. The quantitative estimate of drug-likeness (QED) is 0.748. The van der Waals surface area contributed by atoms with Crippen LogP contribution in [-0.2, 0) is 11.3 Å². The van der Waals surface area contributed by atoms with E-state index in [0.29, 0.717) is 6.54 Å². The second-order valence-corrected chi connectivity index (χ2v) is 6.26. The van der Waals surface area contributed by atoms with E-state index in [2.05, 4.69) is 25.9 Å². The third-order valence-electron chi connectivity index (χ3n) is 4.63. The van der Waals surface area contributed by atoms with Crippen LogP contribution in [0.4, 0.5) is 5.82 Å². The highest BCUT2D eigenvalue weighted by Gasteiger charge is 2.22. The van der Waals surface area contributed by atoms with Crippen LogP contribution in [0.1, 0.15) is 18.4 Å². The third-order valence-corrected chi connectivity index (χ3v) is 4.63. The molecule has 25 heavy (non-hydrogen) atoms. The summed E-state index contributed by atoms with van der Waals surface area (Å²) in [4.78, 5) is 14.3. The zero-order valence-electron chi connectivity index (χ0n) is 14.3. The summed E-state index contributed by atoms with van der Waals surface area (Å²) in [5, 5.41) is 1.02. The first-order valence-corrected chi connectivity index (χ1v) is 8.61. The predicted octanol–water partition coefficient (Wildman–Crippen LogP) is 3.15. The van der Waals surface area contributed by atoms with Crippen molar-refractivity contribution in [2.75, 3.05) is 25.2 Å². The minimum absolute atomic E-state index is 0.235. The maximum Gasteiger partial charge on any atom is 0.142 e. The molecule has 0 amide bonds. The standard InChI is InChI=1S/C19H22N4O2/c1-24-17-7-3-2-5-14(17)11-23(12-15-6-4-10-25-15)19-16-8-9-20-18(16)21-13-22-19/h2-3,5,7-9,13,15H,4,6,10-12H2,1H3,(H,20,21,22)/t15-/m0/s1. The van der Waals surface area contributed by atoms with Crippen LogP contribution >= 0.6 is 0 Å². The van der Waals surface area contributed by atoms with Gasteiger partial charge in [0.25, 0.3) is 0 Å². The van der Waals surface area contributed by atoms with Crippen LogP contribution in [0.3, 0.4) is 0 Å². The summed E-state index contributed by atoms with van der Waals surface area (Å²) >= 11 is 0. The SMILES string of the molecule is COc1ccccc1CN(C[C@@H]1CCCO1)c1ncnc2[nH]ccc12. The highest BCUT2D eigenvalue weighted by molar-refractivity contribution is 5.87. The molecule has 0 unspecified atom stereocenters. The number of anilines is 1. The molecule has 4 rings (SSSR count). The molecule has 0 aliphatic carbocycles. The number of fused-ring (bicyclic) bond motifs is 1. The number of nitrogens with one attached hydrogen (secondary N) is 1. The van der Waals surface area contributed by atoms with Crippen LogP contribution in [0.15, 0.2) is 42.9 Å². The molecule has 1 N–H and O–H groups in total. The maximum atomic E-state index is 5.87. The predicted molar refractivity (Wildman–Crippen MR) is 96.9 cm³/mol. The van der Waals surface area contributed by atoms with Crippen LogP contribution in [0.2, 0.25) is 0 Å². The van der Waals surface area contributed by atoms with Crippen molar-refractivity contribution < 1.29 is 9.47 Å². The highest BCUT2D eigenvalue weighted by Crippen LogP contribution is 2.28. The van der Waals surface area contributed by atoms with Crippen molar-refractivity contribution >= 4 is 16.9 Å². The van der Waals surface area contributed by atoms with Crippen LogP contribution in [0.25, 0.3) is 11.0 Å². The molecule has 2 aromatic heterocycles. The Morgan fingerprint density at radius 3 is 3.04 bits per heavy atom. The molecule has 0 spiro atoms. The van der Waals surface area contributed by atoms with E-state index in [9.17, 15) is 0 Å². The number of ether oxygens (including phenoxy) is 2. The van der Waals surface area contributed by atoms with Gasteiger partial charge in [-0.15, -0.1) is 0 Å². The summed E-state index contributed by atoms with van der Waals surface area (Å²) in [7, 11) is 1.71. The Morgan fingerprint density at radius 1 is 1.28 bits per heavy atom. The Labute approximate surface area is 146 Å². The van der Waals surface area contributed by atoms with E-state index in [0.717, 1.165) is 54.2 Å². The Hall–Kier alpha value is -2.60. The topological polar surface area (TPSA) is 63.3 Å². The van der Waals surface area contributed by atoms with Crippen LogP contribution in [0.5, 0.6) is 5.75 Å². The van der Waals surface area contributed by atoms with Crippen molar-refractivity contribution in [3.63, 3.8) is 0 Å². The summed E-state index contributed by atoms with van der Waals surface area (Å²) in [6.45, 7) is 2.35. The fourth-order valence-electron chi connectivity index (χ4n) is 3.41. The molecule has 0 bridgehead atoms. The molecule has 1 atom stereocenters. The summed E-state index contributed by atoms with van der Waals surface area (Å²) in [6, 6.07) is 10.1. The van der Waals surface area contributed by atoms with E-state index < -0.39 is 0 Å². The normalized spacial score (nSPS) is 17.1. The molecule has 6 heteroatoms. The molecular weight excluding hydrogens is 316 g/mol. The summed E-state index contributed by atoms with van der Waals surface area (Å²) in [5.41, 5.74) is 1.98. The average Bonchev–Trinajstić information content (AvgIpc) is 3.32. The van der Waals surface area contributed by atoms with E-state index in [-0.39, 0.29) is 6.10 Å². The van der Waals surface area contributed by atoms with Gasteiger partial charge in [-0.2, -0.15) is 0 Å². The van der Waals surface area contributed by atoms with Gasteiger partial charge in [-0.3, -0.25) is 0 Å². The van der Waals surface area contributed by atoms with Crippen LogP contribution < -0.4 is 9.64 Å². The fourth-order valence-corrected chi connectivity index (χ4v) is 3.41. The third kappa shape index (κ3) is 3.30. The van der Waals surface area contributed by atoms with E-state index in [1.165, 1.54) is 0 Å². The van der Waals surface area contributed by atoms with Gasteiger partial charge in [0.1, 0.15) is 23.5 Å². The first-order valence-electron chi connectivity index (χ1n) is 8.61. The second kappa shape index (κ2) is 7.11. The van der Waals surface area contributed by atoms with Crippen LogP contribution in [0, 0.1) is 0 Å². The number of para-hydroxylation sites is 1.